The Morgan fingerprint density at radius 2 is 1.83 bits per heavy atom. The van der Waals surface area contributed by atoms with Crippen LogP contribution in [0.15, 0.2) is 42.5 Å². The van der Waals surface area contributed by atoms with E-state index in [0.29, 0.717) is 17.7 Å². The molecular weight excluding hydrogens is 378 g/mol. The number of nitrogen functional groups attached to an aromatic ring is 1. The van der Waals surface area contributed by atoms with E-state index in [-0.39, 0.29) is 17.3 Å². The lowest BCUT2D eigenvalue weighted by atomic mass is 9.93. The van der Waals surface area contributed by atoms with Gasteiger partial charge in [-0.05, 0) is 60.1 Å². The van der Waals surface area contributed by atoms with Crippen LogP contribution < -0.4 is 5.73 Å². The van der Waals surface area contributed by atoms with Crippen molar-refractivity contribution in [2.75, 3.05) is 18.8 Å². The Labute approximate surface area is 177 Å². The summed E-state index contributed by atoms with van der Waals surface area (Å²) < 4.78 is 0. The molecule has 150 valence electrons. The number of thiocarbonyl (C=S) groups is 1. The van der Waals surface area contributed by atoms with Crippen LogP contribution >= 0.6 is 12.2 Å². The van der Waals surface area contributed by atoms with Crippen LogP contribution in [0.2, 0.25) is 0 Å². The van der Waals surface area contributed by atoms with Gasteiger partial charge in [0.05, 0.1) is 11.4 Å². The molecule has 1 unspecified atom stereocenters. The Kier molecular flexibility index (Phi) is 7.01. The third kappa shape index (κ3) is 5.22. The third-order valence-corrected chi connectivity index (χ3v) is 5.63. The summed E-state index contributed by atoms with van der Waals surface area (Å²) in [5.41, 5.74) is 10.5. The molecule has 2 aromatic carbocycles. The highest BCUT2D eigenvalue weighted by Crippen LogP contribution is 2.21. The van der Waals surface area contributed by atoms with Gasteiger partial charge in [0, 0.05) is 36.3 Å². The number of anilines is 1. The van der Waals surface area contributed by atoms with E-state index >= 15 is 0 Å². The van der Waals surface area contributed by atoms with Gasteiger partial charge >= 0.3 is 0 Å². The van der Waals surface area contributed by atoms with Gasteiger partial charge in [0.1, 0.15) is 0 Å². The Bertz CT molecular complexity index is 923. The zero-order valence-corrected chi connectivity index (χ0v) is 17.3. The molecule has 1 atom stereocenters. The van der Waals surface area contributed by atoms with E-state index in [9.17, 15) is 0 Å². The van der Waals surface area contributed by atoms with E-state index in [1.165, 1.54) is 30.0 Å². The number of likely N-dealkylation sites (tertiary alicyclic amines) is 1. The summed E-state index contributed by atoms with van der Waals surface area (Å²) in [6, 6.07) is 13.6. The van der Waals surface area contributed by atoms with Gasteiger partial charge in [0.2, 0.25) is 0 Å². The van der Waals surface area contributed by atoms with Crippen molar-refractivity contribution in [1.29, 1.82) is 16.2 Å². The number of hydrogen-bond donors (Lipinski definition) is 4. The summed E-state index contributed by atoms with van der Waals surface area (Å²) in [4.78, 5) is 2.45. The number of benzene rings is 2. The highest BCUT2D eigenvalue weighted by Gasteiger charge is 2.16. The minimum absolute atomic E-state index is 0.113. The van der Waals surface area contributed by atoms with Crippen molar-refractivity contribution < 1.29 is 0 Å². The topological polar surface area (TPSA) is 101 Å². The maximum Gasteiger partial charge on any atom is 0.0844 e. The molecule has 0 bridgehead atoms. The molecule has 29 heavy (non-hydrogen) atoms. The first kappa shape index (κ1) is 21.0. The fraction of sp³-hybridized carbons (Fsp3) is 0.304. The molecule has 0 aromatic heterocycles. The first-order chi connectivity index (χ1) is 14.0. The summed E-state index contributed by atoms with van der Waals surface area (Å²) in [5.74, 6) is -0.298. The van der Waals surface area contributed by atoms with Crippen molar-refractivity contribution in [3.8, 4) is 0 Å². The van der Waals surface area contributed by atoms with Crippen molar-refractivity contribution in [1.82, 2.24) is 4.90 Å². The normalized spacial score (nSPS) is 15.0. The lowest BCUT2D eigenvalue weighted by Gasteiger charge is -2.16. The van der Waals surface area contributed by atoms with Gasteiger partial charge in [0.15, 0.2) is 0 Å². The predicted molar refractivity (Wildman–Crippen MR) is 125 cm³/mol. The van der Waals surface area contributed by atoms with Crippen LogP contribution in [-0.4, -0.2) is 41.0 Å². The molecule has 1 aliphatic rings. The zero-order chi connectivity index (χ0) is 20.8. The van der Waals surface area contributed by atoms with E-state index < -0.39 is 0 Å². The average molecular weight is 406 g/mol. The van der Waals surface area contributed by atoms with Crippen molar-refractivity contribution in [3.63, 3.8) is 0 Å². The molecule has 1 fully saturated rings. The van der Waals surface area contributed by atoms with Gasteiger partial charge < -0.3 is 16.6 Å². The first-order valence-electron chi connectivity index (χ1n) is 9.84. The van der Waals surface area contributed by atoms with Crippen LogP contribution in [0, 0.1) is 16.2 Å². The van der Waals surface area contributed by atoms with Gasteiger partial charge in [-0.2, -0.15) is 0 Å². The molecule has 0 aliphatic carbocycles. The third-order valence-electron chi connectivity index (χ3n) is 5.34. The molecule has 1 saturated heterocycles. The minimum Gasteiger partial charge on any atom is -0.398 e. The number of rotatable bonds is 9. The second kappa shape index (κ2) is 9.67. The lowest BCUT2D eigenvalue weighted by Crippen LogP contribution is -2.19. The Hall–Kier alpha value is -2.70. The van der Waals surface area contributed by atoms with E-state index in [0.717, 1.165) is 30.8 Å². The fourth-order valence-corrected chi connectivity index (χ4v) is 3.94. The molecule has 5 N–H and O–H groups in total. The van der Waals surface area contributed by atoms with Crippen molar-refractivity contribution in [3.05, 3.63) is 64.7 Å². The van der Waals surface area contributed by atoms with E-state index in [2.05, 4.69) is 17.0 Å². The summed E-state index contributed by atoms with van der Waals surface area (Å²) in [6.45, 7) is 3.24. The fourth-order valence-electron chi connectivity index (χ4n) is 3.70. The highest BCUT2D eigenvalue weighted by atomic mass is 32.1. The molecule has 0 spiro atoms. The van der Waals surface area contributed by atoms with E-state index in [4.69, 9.17) is 34.2 Å². The SMILES string of the molecule is N=CC(C=S)c1ccc(N)c(C(=N)C(=N)Cc2cccc(CN3CCCC3)c2)c1. The van der Waals surface area contributed by atoms with Crippen LogP contribution in [-0.2, 0) is 13.0 Å². The molecule has 1 heterocycles. The Morgan fingerprint density at radius 1 is 1.10 bits per heavy atom. The molecule has 0 saturated carbocycles. The maximum atomic E-state index is 8.51. The number of hydrogen-bond acceptors (Lipinski definition) is 6. The zero-order valence-electron chi connectivity index (χ0n) is 16.4. The Balaban J connectivity index is 1.74. The maximum absolute atomic E-state index is 8.51. The van der Waals surface area contributed by atoms with E-state index in [1.54, 1.807) is 12.1 Å². The molecule has 5 nitrogen and oxygen atoms in total. The lowest BCUT2D eigenvalue weighted by molar-refractivity contribution is 0.331. The van der Waals surface area contributed by atoms with Gasteiger partial charge in [-0.15, -0.1) is 0 Å². The van der Waals surface area contributed by atoms with E-state index in [1.807, 2.05) is 18.2 Å². The van der Waals surface area contributed by atoms with Crippen molar-refractivity contribution in [2.45, 2.75) is 31.7 Å². The monoisotopic (exact) mass is 405 g/mol. The smallest absolute Gasteiger partial charge is 0.0844 e. The Morgan fingerprint density at radius 3 is 2.52 bits per heavy atom. The van der Waals surface area contributed by atoms with Gasteiger partial charge in [-0.25, -0.2) is 0 Å². The standard InChI is InChI=1S/C23H27N5S/c24-13-19(15-29)18-6-7-21(25)20(12-18)23(27)22(26)11-16-4-3-5-17(10-16)14-28-8-1-2-9-28/h3-7,10,12-13,15,19,24,26-27H,1-2,8-9,11,14,25H2. The summed E-state index contributed by atoms with van der Waals surface area (Å²) in [6.07, 6.45) is 4.19. The summed E-state index contributed by atoms with van der Waals surface area (Å²) in [7, 11) is 0. The summed E-state index contributed by atoms with van der Waals surface area (Å²) in [5, 5.41) is 26.0. The van der Waals surface area contributed by atoms with Crippen molar-refractivity contribution in [2.24, 2.45) is 0 Å². The molecule has 1 aliphatic heterocycles. The number of nitrogens with two attached hydrogens (primary N) is 1. The summed E-state index contributed by atoms with van der Waals surface area (Å²) >= 11 is 4.99. The average Bonchev–Trinajstić information content (AvgIpc) is 3.22. The van der Waals surface area contributed by atoms with Gasteiger partial charge in [-0.3, -0.25) is 10.3 Å². The number of nitrogens with zero attached hydrogens (tertiary/aromatic N) is 1. The van der Waals surface area contributed by atoms with Crippen LogP contribution in [0.5, 0.6) is 0 Å². The first-order valence-corrected chi connectivity index (χ1v) is 10.3. The highest BCUT2D eigenvalue weighted by molar-refractivity contribution is 7.79. The minimum atomic E-state index is -0.298. The molecule has 6 heteroatoms. The number of nitrogens with one attached hydrogen (secondary N) is 3. The largest absolute Gasteiger partial charge is 0.398 e. The predicted octanol–water partition coefficient (Wildman–Crippen LogP) is 4.23. The molecule has 2 aromatic rings. The van der Waals surface area contributed by atoms with Crippen LogP contribution in [0.1, 0.15) is 41.0 Å². The quantitative estimate of drug-likeness (QED) is 0.285. The van der Waals surface area contributed by atoms with Crippen molar-refractivity contribution >= 4 is 40.9 Å². The van der Waals surface area contributed by atoms with Crippen LogP contribution in [0.3, 0.4) is 0 Å². The molecule has 0 amide bonds. The van der Waals surface area contributed by atoms with Crippen LogP contribution in [0.25, 0.3) is 0 Å². The molecule has 0 radical (unpaired) electrons. The van der Waals surface area contributed by atoms with Gasteiger partial charge in [-0.1, -0.05) is 42.5 Å². The second-order valence-corrected chi connectivity index (χ2v) is 7.78. The second-order valence-electron chi connectivity index (χ2n) is 7.51. The molecule has 3 rings (SSSR count). The van der Waals surface area contributed by atoms with Gasteiger partial charge in [0.25, 0.3) is 0 Å². The molecular formula is C23H27N5S. The van der Waals surface area contributed by atoms with Crippen LogP contribution in [0.4, 0.5) is 5.69 Å².